The third-order valence-corrected chi connectivity index (χ3v) is 4.22. The summed E-state index contributed by atoms with van der Waals surface area (Å²) >= 11 is 6.08. The molecule has 24 heavy (non-hydrogen) atoms. The fourth-order valence-corrected chi connectivity index (χ4v) is 2.84. The summed E-state index contributed by atoms with van der Waals surface area (Å²) in [6.45, 7) is 10.1. The molecule has 0 heterocycles. The van der Waals surface area contributed by atoms with Gasteiger partial charge in [0, 0.05) is 16.9 Å². The predicted molar refractivity (Wildman–Crippen MR) is 107 cm³/mol. The molecule has 0 saturated carbocycles. The lowest BCUT2D eigenvalue weighted by Crippen LogP contribution is -2.03. The predicted octanol–water partition coefficient (Wildman–Crippen LogP) is 6.50. The summed E-state index contributed by atoms with van der Waals surface area (Å²) in [5.74, 6) is 0. The van der Waals surface area contributed by atoms with Crippen molar-refractivity contribution in [2.75, 3.05) is 0 Å². The quantitative estimate of drug-likeness (QED) is 0.533. The Labute approximate surface area is 150 Å². The van der Waals surface area contributed by atoms with Crippen LogP contribution >= 0.6 is 11.6 Å². The smallest absolute Gasteiger partial charge is 0.0447 e. The van der Waals surface area contributed by atoms with E-state index >= 15 is 0 Å². The second-order valence-electron chi connectivity index (χ2n) is 5.98. The number of aliphatic imine (C=N–C) groups is 1. The van der Waals surface area contributed by atoms with Crippen LogP contribution in [-0.2, 0) is 12.8 Å². The van der Waals surface area contributed by atoms with Crippen LogP contribution in [0.4, 0.5) is 0 Å². The molecule has 0 bridgehead atoms. The molecule has 2 aromatic carbocycles. The van der Waals surface area contributed by atoms with Gasteiger partial charge in [-0.15, -0.1) is 0 Å². The number of allylic oxidation sites excluding steroid dienone is 2. The molecule has 0 aliphatic heterocycles. The lowest BCUT2D eigenvalue weighted by molar-refractivity contribution is 0.957. The molecule has 0 atom stereocenters. The highest BCUT2D eigenvalue weighted by atomic mass is 35.5. The topological polar surface area (TPSA) is 12.4 Å². The summed E-state index contributed by atoms with van der Waals surface area (Å²) in [6.07, 6.45) is 5.69. The fourth-order valence-electron chi connectivity index (χ4n) is 2.62. The van der Waals surface area contributed by atoms with Crippen LogP contribution in [0.3, 0.4) is 0 Å². The number of hydrogen-bond donors (Lipinski definition) is 0. The van der Waals surface area contributed by atoms with E-state index in [0.29, 0.717) is 0 Å². The normalized spacial score (nSPS) is 11.9. The van der Waals surface area contributed by atoms with Crippen molar-refractivity contribution in [1.82, 2.24) is 0 Å². The number of aryl methyl sites for hydroxylation is 2. The average molecular weight is 338 g/mol. The molecule has 0 saturated heterocycles. The van der Waals surface area contributed by atoms with Crippen molar-refractivity contribution in [1.29, 1.82) is 0 Å². The van der Waals surface area contributed by atoms with Gasteiger partial charge >= 0.3 is 0 Å². The Balaban J connectivity index is 2.32. The molecule has 0 N–H and O–H groups in total. The Morgan fingerprint density at radius 3 is 2.58 bits per heavy atom. The van der Waals surface area contributed by atoms with Gasteiger partial charge in [0.2, 0.25) is 0 Å². The third-order valence-electron chi connectivity index (χ3n) is 3.98. The third kappa shape index (κ3) is 4.94. The van der Waals surface area contributed by atoms with Crippen molar-refractivity contribution in [3.05, 3.63) is 88.6 Å². The maximum absolute atomic E-state index is 6.08. The summed E-state index contributed by atoms with van der Waals surface area (Å²) < 4.78 is 0. The van der Waals surface area contributed by atoms with Crippen molar-refractivity contribution in [2.24, 2.45) is 4.99 Å². The van der Waals surface area contributed by atoms with Crippen LogP contribution in [0, 0.1) is 0 Å². The Morgan fingerprint density at radius 2 is 1.92 bits per heavy atom. The number of hydrogen-bond acceptors (Lipinski definition) is 1. The van der Waals surface area contributed by atoms with E-state index in [0.717, 1.165) is 34.7 Å². The largest absolute Gasteiger partial charge is 0.261 e. The molecule has 0 amide bonds. The first-order chi connectivity index (χ1) is 11.5. The van der Waals surface area contributed by atoms with E-state index in [1.54, 1.807) is 0 Å². The van der Waals surface area contributed by atoms with Gasteiger partial charge in [0.05, 0.1) is 0 Å². The van der Waals surface area contributed by atoms with Crippen LogP contribution < -0.4 is 0 Å². The van der Waals surface area contributed by atoms with Gasteiger partial charge < -0.3 is 0 Å². The Morgan fingerprint density at radius 1 is 1.12 bits per heavy atom. The van der Waals surface area contributed by atoms with Crippen LogP contribution in [-0.4, -0.2) is 5.71 Å². The van der Waals surface area contributed by atoms with E-state index in [1.807, 2.05) is 44.3 Å². The number of benzene rings is 2. The first kappa shape index (κ1) is 18.2. The molecule has 2 heteroatoms. The van der Waals surface area contributed by atoms with Crippen LogP contribution in [0.5, 0.6) is 0 Å². The first-order valence-corrected chi connectivity index (χ1v) is 8.58. The highest BCUT2D eigenvalue weighted by molar-refractivity contribution is 6.30. The van der Waals surface area contributed by atoms with Gasteiger partial charge in [-0.2, -0.15) is 0 Å². The average Bonchev–Trinajstić information content (AvgIpc) is 2.57. The molecule has 0 fully saturated rings. The molecule has 0 aliphatic rings. The molecule has 0 aliphatic carbocycles. The maximum atomic E-state index is 6.08. The molecular formula is C22H24ClN. The van der Waals surface area contributed by atoms with Crippen molar-refractivity contribution in [2.45, 2.75) is 33.6 Å². The number of rotatable bonds is 6. The molecule has 2 rings (SSSR count). The zero-order chi connectivity index (χ0) is 17.5. The standard InChI is InChI=1S/C22H24ClN/c1-5-13-24-17(4)22-15-20(16(2)3)12-11-19(22)10-9-18-7-6-8-21(23)14-18/h5-8,11-15H,2,9-10H2,1,3-4H3/b13-5-,24-17?. The number of nitrogens with zero attached hydrogens (tertiary/aromatic N) is 1. The highest BCUT2D eigenvalue weighted by Gasteiger charge is 2.08. The zero-order valence-corrected chi connectivity index (χ0v) is 15.4. The molecule has 2 aromatic rings. The van der Waals surface area contributed by atoms with E-state index in [2.05, 4.69) is 42.8 Å². The molecule has 0 unspecified atom stereocenters. The fraction of sp³-hybridized carbons (Fsp3) is 0.227. The summed E-state index contributed by atoms with van der Waals surface area (Å²) in [5, 5.41) is 0.788. The molecule has 0 aromatic heterocycles. The summed E-state index contributed by atoms with van der Waals surface area (Å²) in [5.41, 5.74) is 6.99. The minimum absolute atomic E-state index is 0.788. The van der Waals surface area contributed by atoms with E-state index in [-0.39, 0.29) is 0 Å². The molecular weight excluding hydrogens is 314 g/mol. The maximum Gasteiger partial charge on any atom is 0.0447 e. The van der Waals surface area contributed by atoms with E-state index < -0.39 is 0 Å². The Bertz CT molecular complexity index is 784. The second-order valence-corrected chi connectivity index (χ2v) is 6.42. The van der Waals surface area contributed by atoms with Gasteiger partial charge in [-0.1, -0.05) is 54.1 Å². The number of halogens is 1. The van der Waals surface area contributed by atoms with E-state index in [9.17, 15) is 0 Å². The molecule has 124 valence electrons. The molecule has 0 spiro atoms. The van der Waals surface area contributed by atoms with Gasteiger partial charge in [0.1, 0.15) is 0 Å². The van der Waals surface area contributed by atoms with Crippen molar-refractivity contribution < 1.29 is 0 Å². The SMILES string of the molecule is C=C(C)c1ccc(CCc2cccc(Cl)c2)c(C(C)=N/C=C\C)c1. The van der Waals surface area contributed by atoms with Crippen molar-refractivity contribution in [3.63, 3.8) is 0 Å². The van der Waals surface area contributed by atoms with Gasteiger partial charge in [-0.25, -0.2) is 0 Å². The van der Waals surface area contributed by atoms with Gasteiger partial charge in [-0.3, -0.25) is 4.99 Å². The van der Waals surface area contributed by atoms with E-state index in [1.165, 1.54) is 16.7 Å². The van der Waals surface area contributed by atoms with Gasteiger partial charge in [0.25, 0.3) is 0 Å². The minimum Gasteiger partial charge on any atom is -0.261 e. The zero-order valence-electron chi connectivity index (χ0n) is 14.6. The van der Waals surface area contributed by atoms with Crippen LogP contribution in [0.2, 0.25) is 5.02 Å². The van der Waals surface area contributed by atoms with Gasteiger partial charge in [-0.05, 0) is 74.1 Å². The van der Waals surface area contributed by atoms with Crippen LogP contribution in [0.15, 0.2) is 66.3 Å². The lowest BCUT2D eigenvalue weighted by atomic mass is 9.94. The van der Waals surface area contributed by atoms with Crippen molar-refractivity contribution >= 4 is 22.9 Å². The Kier molecular flexibility index (Phi) is 6.57. The second kappa shape index (κ2) is 8.65. The van der Waals surface area contributed by atoms with E-state index in [4.69, 9.17) is 11.6 Å². The Hall–Kier alpha value is -2.12. The first-order valence-electron chi connectivity index (χ1n) is 8.20. The highest BCUT2D eigenvalue weighted by Crippen LogP contribution is 2.21. The summed E-state index contributed by atoms with van der Waals surface area (Å²) in [7, 11) is 0. The summed E-state index contributed by atoms with van der Waals surface area (Å²) in [4.78, 5) is 4.53. The molecule has 0 radical (unpaired) electrons. The van der Waals surface area contributed by atoms with Crippen LogP contribution in [0.25, 0.3) is 5.57 Å². The van der Waals surface area contributed by atoms with Crippen LogP contribution in [0.1, 0.15) is 43.0 Å². The molecule has 1 nitrogen and oxygen atoms in total. The lowest BCUT2D eigenvalue weighted by Gasteiger charge is -2.12. The monoisotopic (exact) mass is 337 g/mol. The minimum atomic E-state index is 0.788. The van der Waals surface area contributed by atoms with Crippen molar-refractivity contribution in [3.8, 4) is 0 Å². The summed E-state index contributed by atoms with van der Waals surface area (Å²) in [6, 6.07) is 14.6. The van der Waals surface area contributed by atoms with Gasteiger partial charge in [0.15, 0.2) is 0 Å².